The van der Waals surface area contributed by atoms with E-state index >= 15 is 0 Å². The van der Waals surface area contributed by atoms with Crippen LogP contribution in [0.15, 0.2) is 4.99 Å². The Kier molecular flexibility index (Phi) is 2.93. The second-order valence-corrected chi connectivity index (χ2v) is 3.19. The quantitative estimate of drug-likeness (QED) is 0.622. The molecule has 1 aliphatic heterocycles. The van der Waals surface area contributed by atoms with Gasteiger partial charge in [0.2, 0.25) is 0 Å². The summed E-state index contributed by atoms with van der Waals surface area (Å²) in [6.45, 7) is 5.98. The summed E-state index contributed by atoms with van der Waals surface area (Å²) < 4.78 is 0. The van der Waals surface area contributed by atoms with Crippen molar-refractivity contribution in [1.29, 1.82) is 0 Å². The zero-order valence-corrected chi connectivity index (χ0v) is 7.65. The third-order valence-electron chi connectivity index (χ3n) is 1.58. The summed E-state index contributed by atoms with van der Waals surface area (Å²) in [5.74, 6) is 0.517. The Morgan fingerprint density at radius 3 is 2.55 bits per heavy atom. The molecule has 3 nitrogen and oxygen atoms in total. The van der Waals surface area contributed by atoms with Crippen molar-refractivity contribution >= 4 is 22.8 Å². The van der Waals surface area contributed by atoms with Gasteiger partial charge in [-0.2, -0.15) is 4.99 Å². The first-order valence-electron chi connectivity index (χ1n) is 3.77. The van der Waals surface area contributed by atoms with Crippen LogP contribution >= 0.6 is 11.8 Å². The largest absolute Gasteiger partial charge is 0.352 e. The summed E-state index contributed by atoms with van der Waals surface area (Å²) in [4.78, 5) is 16.7. The summed E-state index contributed by atoms with van der Waals surface area (Å²) in [6.07, 6.45) is 0. The van der Waals surface area contributed by atoms with Gasteiger partial charge in [-0.15, -0.1) is 0 Å². The second kappa shape index (κ2) is 3.76. The maximum Gasteiger partial charge on any atom is 0.258 e. The van der Waals surface area contributed by atoms with Crippen LogP contribution in [0.25, 0.3) is 0 Å². The Balaban J connectivity index is 2.58. The minimum Gasteiger partial charge on any atom is -0.352 e. The van der Waals surface area contributed by atoms with Crippen LogP contribution in [0.1, 0.15) is 13.8 Å². The van der Waals surface area contributed by atoms with Crippen LogP contribution in [0.4, 0.5) is 0 Å². The zero-order valence-electron chi connectivity index (χ0n) is 6.83. The molecule has 11 heavy (non-hydrogen) atoms. The van der Waals surface area contributed by atoms with Gasteiger partial charge >= 0.3 is 0 Å². The Labute approximate surface area is 70.9 Å². The normalized spacial score (nSPS) is 16.9. The SMILES string of the molecule is CCN(CC)C1=NC(=O)CS1. The summed E-state index contributed by atoms with van der Waals surface area (Å²) >= 11 is 1.53. The molecule has 1 aliphatic rings. The van der Waals surface area contributed by atoms with Gasteiger partial charge in [0, 0.05) is 13.1 Å². The van der Waals surface area contributed by atoms with Crippen molar-refractivity contribution in [2.24, 2.45) is 4.99 Å². The van der Waals surface area contributed by atoms with E-state index < -0.39 is 0 Å². The third-order valence-corrected chi connectivity index (χ3v) is 2.58. The van der Waals surface area contributed by atoms with E-state index in [1.807, 2.05) is 0 Å². The molecule has 0 N–H and O–H groups in total. The molecule has 0 spiro atoms. The Bertz CT molecular complexity index is 187. The molecule has 0 fully saturated rings. The van der Waals surface area contributed by atoms with Gasteiger partial charge in [0.15, 0.2) is 5.17 Å². The molecular formula is C7H12N2OS. The molecule has 0 bridgehead atoms. The summed E-state index contributed by atoms with van der Waals surface area (Å²) in [6, 6.07) is 0. The van der Waals surface area contributed by atoms with Gasteiger partial charge in [0.05, 0.1) is 5.75 Å². The van der Waals surface area contributed by atoms with Gasteiger partial charge in [-0.05, 0) is 13.8 Å². The Morgan fingerprint density at radius 1 is 1.55 bits per heavy atom. The molecule has 4 heteroatoms. The van der Waals surface area contributed by atoms with Crippen LogP contribution in [0.2, 0.25) is 0 Å². The van der Waals surface area contributed by atoms with Gasteiger partial charge in [-0.1, -0.05) is 11.8 Å². The number of thioether (sulfide) groups is 1. The first-order valence-corrected chi connectivity index (χ1v) is 4.75. The van der Waals surface area contributed by atoms with Crippen LogP contribution in [0.5, 0.6) is 0 Å². The number of nitrogens with zero attached hydrogens (tertiary/aromatic N) is 2. The number of aliphatic imine (C=N–C) groups is 1. The third kappa shape index (κ3) is 1.96. The number of hydrogen-bond donors (Lipinski definition) is 0. The molecule has 62 valence electrons. The smallest absolute Gasteiger partial charge is 0.258 e. The highest BCUT2D eigenvalue weighted by atomic mass is 32.2. The van der Waals surface area contributed by atoms with E-state index in [-0.39, 0.29) is 5.91 Å². The van der Waals surface area contributed by atoms with E-state index in [0.717, 1.165) is 18.3 Å². The first kappa shape index (κ1) is 8.59. The molecule has 0 aliphatic carbocycles. The fourth-order valence-corrected chi connectivity index (χ4v) is 1.88. The van der Waals surface area contributed by atoms with Crippen molar-refractivity contribution in [3.8, 4) is 0 Å². The van der Waals surface area contributed by atoms with Crippen molar-refractivity contribution in [3.63, 3.8) is 0 Å². The highest BCUT2D eigenvalue weighted by molar-refractivity contribution is 8.14. The average Bonchev–Trinajstić information content (AvgIpc) is 2.39. The van der Waals surface area contributed by atoms with Gasteiger partial charge in [0.1, 0.15) is 0 Å². The maximum atomic E-state index is 10.8. The molecule has 0 atom stereocenters. The van der Waals surface area contributed by atoms with Crippen molar-refractivity contribution in [3.05, 3.63) is 0 Å². The van der Waals surface area contributed by atoms with Crippen molar-refractivity contribution in [2.75, 3.05) is 18.8 Å². The maximum absolute atomic E-state index is 10.8. The number of carbonyl (C=O) groups excluding carboxylic acids is 1. The zero-order chi connectivity index (χ0) is 8.27. The highest BCUT2D eigenvalue weighted by Crippen LogP contribution is 2.15. The summed E-state index contributed by atoms with van der Waals surface area (Å²) in [5, 5.41) is 0.889. The van der Waals surface area contributed by atoms with Crippen molar-refractivity contribution in [1.82, 2.24) is 4.90 Å². The van der Waals surface area contributed by atoms with Crippen molar-refractivity contribution < 1.29 is 4.79 Å². The molecule has 0 saturated heterocycles. The van der Waals surface area contributed by atoms with E-state index in [2.05, 4.69) is 23.7 Å². The fourth-order valence-electron chi connectivity index (χ4n) is 0.954. The second-order valence-electron chi connectivity index (χ2n) is 2.25. The summed E-state index contributed by atoms with van der Waals surface area (Å²) in [5.41, 5.74) is 0. The van der Waals surface area contributed by atoms with Crippen LogP contribution in [-0.4, -0.2) is 34.8 Å². The van der Waals surface area contributed by atoms with Crippen LogP contribution in [-0.2, 0) is 4.79 Å². The number of hydrogen-bond acceptors (Lipinski definition) is 3. The van der Waals surface area contributed by atoms with Gasteiger partial charge in [0.25, 0.3) is 5.91 Å². The summed E-state index contributed by atoms with van der Waals surface area (Å²) in [7, 11) is 0. The minimum atomic E-state index is -0.00287. The first-order chi connectivity index (χ1) is 5.27. The van der Waals surface area contributed by atoms with Gasteiger partial charge in [-0.25, -0.2) is 0 Å². The van der Waals surface area contributed by atoms with E-state index in [0.29, 0.717) is 5.75 Å². The molecule has 1 amide bonds. The lowest BCUT2D eigenvalue weighted by molar-refractivity contribution is -0.115. The number of amides is 1. The molecule has 0 saturated carbocycles. The number of rotatable bonds is 2. The van der Waals surface area contributed by atoms with Gasteiger partial charge in [-0.3, -0.25) is 4.79 Å². The monoisotopic (exact) mass is 172 g/mol. The van der Waals surface area contributed by atoms with E-state index in [4.69, 9.17) is 0 Å². The molecule has 0 unspecified atom stereocenters. The van der Waals surface area contributed by atoms with Crippen LogP contribution in [0.3, 0.4) is 0 Å². The molecule has 0 aromatic rings. The Morgan fingerprint density at radius 2 is 2.18 bits per heavy atom. The van der Waals surface area contributed by atoms with E-state index in [1.165, 1.54) is 11.8 Å². The molecular weight excluding hydrogens is 160 g/mol. The lowest BCUT2D eigenvalue weighted by Gasteiger charge is -2.18. The minimum absolute atomic E-state index is 0.00287. The standard InChI is InChI=1S/C7H12N2OS/c1-3-9(4-2)7-8-6(10)5-11-7/h3-5H2,1-2H3. The predicted molar refractivity (Wildman–Crippen MR) is 47.8 cm³/mol. The molecule has 0 aromatic heterocycles. The number of carbonyl (C=O) groups is 1. The van der Waals surface area contributed by atoms with Crippen LogP contribution < -0.4 is 0 Å². The molecule has 0 radical (unpaired) electrons. The fraction of sp³-hybridized carbons (Fsp3) is 0.714. The predicted octanol–water partition coefficient (Wildman–Crippen LogP) is 0.958. The lowest BCUT2D eigenvalue weighted by Crippen LogP contribution is -2.27. The van der Waals surface area contributed by atoms with E-state index in [1.54, 1.807) is 0 Å². The van der Waals surface area contributed by atoms with Crippen molar-refractivity contribution in [2.45, 2.75) is 13.8 Å². The Hall–Kier alpha value is -0.510. The highest BCUT2D eigenvalue weighted by Gasteiger charge is 2.18. The van der Waals surface area contributed by atoms with E-state index in [9.17, 15) is 4.79 Å². The van der Waals surface area contributed by atoms with Crippen LogP contribution in [0, 0.1) is 0 Å². The number of amidine groups is 1. The topological polar surface area (TPSA) is 32.7 Å². The lowest BCUT2D eigenvalue weighted by atomic mass is 10.6. The molecule has 1 rings (SSSR count). The van der Waals surface area contributed by atoms with Gasteiger partial charge < -0.3 is 4.90 Å². The molecule has 0 aromatic carbocycles. The average molecular weight is 172 g/mol. The molecule has 1 heterocycles.